The SMILES string of the molecule is CCOC(=O)C(C)(C)Oc1ccc(CCOc2ccc(N=Nc3ccccc3)cc2)cc1. The lowest BCUT2D eigenvalue weighted by Gasteiger charge is -2.24. The molecule has 0 aromatic heterocycles. The molecule has 0 saturated carbocycles. The minimum Gasteiger partial charge on any atom is -0.493 e. The van der Waals surface area contributed by atoms with Crippen LogP contribution in [0.2, 0.25) is 0 Å². The van der Waals surface area contributed by atoms with Crippen molar-refractivity contribution in [2.75, 3.05) is 13.2 Å². The highest BCUT2D eigenvalue weighted by atomic mass is 16.6. The quantitative estimate of drug-likeness (QED) is 0.273. The molecule has 0 aliphatic rings. The van der Waals surface area contributed by atoms with Gasteiger partial charge in [-0.1, -0.05) is 30.3 Å². The Morgan fingerprint density at radius 3 is 2.03 bits per heavy atom. The molecule has 32 heavy (non-hydrogen) atoms. The van der Waals surface area contributed by atoms with Crippen molar-refractivity contribution in [3.8, 4) is 11.5 Å². The van der Waals surface area contributed by atoms with Crippen molar-refractivity contribution in [2.45, 2.75) is 32.8 Å². The highest BCUT2D eigenvalue weighted by molar-refractivity contribution is 5.79. The molecule has 6 heteroatoms. The zero-order valence-corrected chi connectivity index (χ0v) is 18.7. The maximum absolute atomic E-state index is 12.0. The Balaban J connectivity index is 1.46. The Hall–Kier alpha value is -3.67. The Bertz CT molecular complexity index is 1010. The number of carbonyl (C=O) groups is 1. The van der Waals surface area contributed by atoms with Gasteiger partial charge in [0.1, 0.15) is 11.5 Å². The average molecular weight is 433 g/mol. The predicted molar refractivity (Wildman–Crippen MR) is 124 cm³/mol. The van der Waals surface area contributed by atoms with Crippen LogP contribution >= 0.6 is 0 Å². The fourth-order valence-electron chi connectivity index (χ4n) is 2.87. The molecule has 0 aliphatic heterocycles. The predicted octanol–water partition coefficient (Wildman–Crippen LogP) is 6.44. The van der Waals surface area contributed by atoms with Gasteiger partial charge < -0.3 is 14.2 Å². The molecule has 0 heterocycles. The Morgan fingerprint density at radius 1 is 0.812 bits per heavy atom. The molecule has 3 aromatic rings. The number of carbonyl (C=O) groups excluding carboxylic acids is 1. The molecule has 3 rings (SSSR count). The zero-order valence-electron chi connectivity index (χ0n) is 18.7. The number of nitrogens with zero attached hydrogens (tertiary/aromatic N) is 2. The van der Waals surface area contributed by atoms with Gasteiger partial charge in [-0.15, -0.1) is 0 Å². The van der Waals surface area contributed by atoms with Crippen LogP contribution < -0.4 is 9.47 Å². The number of ether oxygens (including phenoxy) is 3. The van der Waals surface area contributed by atoms with E-state index < -0.39 is 5.60 Å². The van der Waals surface area contributed by atoms with E-state index in [-0.39, 0.29) is 5.97 Å². The normalized spacial score (nSPS) is 11.3. The summed E-state index contributed by atoms with van der Waals surface area (Å²) in [6.45, 7) is 6.03. The Kier molecular flexibility index (Phi) is 7.97. The molecule has 0 atom stereocenters. The van der Waals surface area contributed by atoms with Crippen molar-refractivity contribution >= 4 is 17.3 Å². The first-order valence-electron chi connectivity index (χ1n) is 10.6. The first-order chi connectivity index (χ1) is 15.5. The van der Waals surface area contributed by atoms with Crippen molar-refractivity contribution in [3.63, 3.8) is 0 Å². The minimum absolute atomic E-state index is 0.324. The molecule has 0 N–H and O–H groups in total. The molecule has 0 radical (unpaired) electrons. The molecule has 166 valence electrons. The minimum atomic E-state index is -1.03. The van der Waals surface area contributed by atoms with Gasteiger partial charge in [0.15, 0.2) is 5.60 Å². The number of rotatable bonds is 10. The number of azo groups is 1. The van der Waals surface area contributed by atoms with Gasteiger partial charge in [0.05, 0.1) is 24.6 Å². The topological polar surface area (TPSA) is 69.5 Å². The summed E-state index contributed by atoms with van der Waals surface area (Å²) >= 11 is 0. The van der Waals surface area contributed by atoms with Crippen LogP contribution in [-0.2, 0) is 16.0 Å². The average Bonchev–Trinajstić information content (AvgIpc) is 2.80. The molecule has 0 bridgehead atoms. The second-order valence-corrected chi connectivity index (χ2v) is 7.60. The van der Waals surface area contributed by atoms with E-state index in [0.29, 0.717) is 19.0 Å². The van der Waals surface area contributed by atoms with Crippen molar-refractivity contribution < 1.29 is 19.0 Å². The number of hydrogen-bond acceptors (Lipinski definition) is 6. The maximum Gasteiger partial charge on any atom is 0.349 e. The standard InChI is InChI=1S/C26H28N2O4/c1-4-30-25(29)26(2,3)32-24-14-10-20(11-15-24)18-19-31-23-16-12-22(13-17-23)28-27-21-8-6-5-7-9-21/h5-17H,4,18-19H2,1-3H3. The van der Waals surface area contributed by atoms with Crippen molar-refractivity contribution in [1.29, 1.82) is 0 Å². The third kappa shape index (κ3) is 6.94. The fourth-order valence-corrected chi connectivity index (χ4v) is 2.87. The van der Waals surface area contributed by atoms with Gasteiger partial charge in [0, 0.05) is 6.42 Å². The summed E-state index contributed by atoms with van der Waals surface area (Å²) < 4.78 is 16.7. The van der Waals surface area contributed by atoms with E-state index in [2.05, 4.69) is 10.2 Å². The van der Waals surface area contributed by atoms with Gasteiger partial charge in [-0.05, 0) is 74.9 Å². The number of benzene rings is 3. The Labute approximate surface area is 188 Å². The van der Waals surface area contributed by atoms with Crippen molar-refractivity contribution in [3.05, 3.63) is 84.4 Å². The molecule has 0 spiro atoms. The van der Waals surface area contributed by atoms with E-state index in [1.54, 1.807) is 20.8 Å². The molecular weight excluding hydrogens is 404 g/mol. The van der Waals surface area contributed by atoms with Gasteiger partial charge in [-0.3, -0.25) is 0 Å². The lowest BCUT2D eigenvalue weighted by Crippen LogP contribution is -2.39. The molecule has 6 nitrogen and oxygen atoms in total. The second-order valence-electron chi connectivity index (χ2n) is 7.60. The maximum atomic E-state index is 12.0. The third-order valence-electron chi connectivity index (χ3n) is 4.60. The molecule has 3 aromatic carbocycles. The van der Waals surface area contributed by atoms with Gasteiger partial charge in [0.25, 0.3) is 0 Å². The van der Waals surface area contributed by atoms with Crippen LogP contribution in [0.25, 0.3) is 0 Å². The molecule has 0 amide bonds. The van der Waals surface area contributed by atoms with E-state index in [9.17, 15) is 4.79 Å². The highest BCUT2D eigenvalue weighted by Gasteiger charge is 2.31. The van der Waals surface area contributed by atoms with Crippen LogP contribution in [0, 0.1) is 0 Å². The van der Waals surface area contributed by atoms with Gasteiger partial charge in [0.2, 0.25) is 0 Å². The number of hydrogen-bond donors (Lipinski definition) is 0. The monoisotopic (exact) mass is 432 g/mol. The summed E-state index contributed by atoms with van der Waals surface area (Å²) in [7, 11) is 0. The highest BCUT2D eigenvalue weighted by Crippen LogP contribution is 2.22. The smallest absolute Gasteiger partial charge is 0.349 e. The van der Waals surface area contributed by atoms with Gasteiger partial charge >= 0.3 is 5.97 Å². The molecule has 0 saturated heterocycles. The summed E-state index contributed by atoms with van der Waals surface area (Å²) in [4.78, 5) is 12.0. The van der Waals surface area contributed by atoms with Gasteiger partial charge in [-0.25, -0.2) is 4.79 Å². The summed E-state index contributed by atoms with van der Waals surface area (Å²) in [6.07, 6.45) is 0.747. The van der Waals surface area contributed by atoms with E-state index in [1.165, 1.54) is 0 Å². The summed E-state index contributed by atoms with van der Waals surface area (Å²) in [6, 6.07) is 24.7. The zero-order chi connectivity index (χ0) is 22.8. The molecule has 0 fully saturated rings. The summed E-state index contributed by atoms with van der Waals surface area (Å²) in [5.41, 5.74) is 1.66. The van der Waals surface area contributed by atoms with E-state index in [0.717, 1.165) is 29.1 Å². The second kappa shape index (κ2) is 11.1. The van der Waals surface area contributed by atoms with Crippen LogP contribution in [-0.4, -0.2) is 24.8 Å². The lowest BCUT2D eigenvalue weighted by atomic mass is 10.1. The van der Waals surface area contributed by atoms with E-state index >= 15 is 0 Å². The van der Waals surface area contributed by atoms with E-state index in [4.69, 9.17) is 14.2 Å². The van der Waals surface area contributed by atoms with Crippen LogP contribution in [0.1, 0.15) is 26.3 Å². The summed E-state index contributed by atoms with van der Waals surface area (Å²) in [5, 5.41) is 8.43. The molecule has 0 aliphatic carbocycles. The fraction of sp³-hybridized carbons (Fsp3) is 0.269. The summed E-state index contributed by atoms with van der Waals surface area (Å²) in [5.74, 6) is 1.01. The molecule has 0 unspecified atom stereocenters. The first kappa shape index (κ1) is 23.0. The van der Waals surface area contributed by atoms with Crippen LogP contribution in [0.15, 0.2) is 89.1 Å². The first-order valence-corrected chi connectivity index (χ1v) is 10.6. The largest absolute Gasteiger partial charge is 0.493 e. The van der Waals surface area contributed by atoms with Crippen LogP contribution in [0.3, 0.4) is 0 Å². The van der Waals surface area contributed by atoms with Crippen molar-refractivity contribution in [2.24, 2.45) is 10.2 Å². The van der Waals surface area contributed by atoms with Gasteiger partial charge in [-0.2, -0.15) is 10.2 Å². The molecular formula is C26H28N2O4. The van der Waals surface area contributed by atoms with Crippen molar-refractivity contribution in [1.82, 2.24) is 0 Å². The third-order valence-corrected chi connectivity index (χ3v) is 4.60. The van der Waals surface area contributed by atoms with Crippen LogP contribution in [0.5, 0.6) is 11.5 Å². The van der Waals surface area contributed by atoms with E-state index in [1.807, 2.05) is 78.9 Å². The number of esters is 1. The Morgan fingerprint density at radius 2 is 1.41 bits per heavy atom. The lowest BCUT2D eigenvalue weighted by molar-refractivity contribution is -0.158. The van der Waals surface area contributed by atoms with Crippen LogP contribution in [0.4, 0.5) is 11.4 Å².